The van der Waals surface area contributed by atoms with Gasteiger partial charge >= 0.3 is 0 Å². The third-order valence-electron chi connectivity index (χ3n) is 4.01. The number of anilines is 1. The number of nitrogens with one attached hydrogen (secondary N) is 2. The Kier molecular flexibility index (Phi) is 5.33. The molecule has 0 heterocycles. The Morgan fingerprint density at radius 3 is 2.41 bits per heavy atom. The van der Waals surface area contributed by atoms with E-state index in [1.54, 1.807) is 30.3 Å². The molecule has 1 fully saturated rings. The minimum atomic E-state index is -0.766. The van der Waals surface area contributed by atoms with Crippen molar-refractivity contribution in [2.24, 2.45) is 5.73 Å². The van der Waals surface area contributed by atoms with E-state index in [1.807, 2.05) is 0 Å². The van der Waals surface area contributed by atoms with Crippen molar-refractivity contribution in [3.05, 3.63) is 42.5 Å². The Balaban J connectivity index is 1.97. The highest BCUT2D eigenvalue weighted by molar-refractivity contribution is 5.99. The fourth-order valence-electron chi connectivity index (χ4n) is 2.64. The van der Waals surface area contributed by atoms with E-state index >= 15 is 0 Å². The minimum absolute atomic E-state index is 0.143. The van der Waals surface area contributed by atoms with Crippen LogP contribution in [0, 0.1) is 0 Å². The summed E-state index contributed by atoms with van der Waals surface area (Å²) in [5, 5.41) is 5.55. The standard InChI is InChI=1S/C17H23N3O2/c1-2-12-19-15(21)13-6-8-14(9-7-13)20-16(22)17(18)10-4-3-5-11-17/h2,6-9H,1,3-5,10-12,18H2,(H,19,21)(H,20,22). The fraction of sp³-hybridized carbons (Fsp3) is 0.412. The van der Waals surface area contributed by atoms with Crippen LogP contribution in [0.15, 0.2) is 36.9 Å². The lowest BCUT2D eigenvalue weighted by molar-refractivity contribution is -0.122. The summed E-state index contributed by atoms with van der Waals surface area (Å²) in [6, 6.07) is 6.79. The van der Waals surface area contributed by atoms with Crippen LogP contribution in [0.25, 0.3) is 0 Å². The Bertz CT molecular complexity index is 546. The van der Waals surface area contributed by atoms with Gasteiger partial charge in [-0.3, -0.25) is 9.59 Å². The average molecular weight is 301 g/mol. The summed E-state index contributed by atoms with van der Waals surface area (Å²) in [4.78, 5) is 24.1. The first-order chi connectivity index (χ1) is 10.5. The zero-order valence-electron chi connectivity index (χ0n) is 12.7. The molecule has 0 aliphatic heterocycles. The first-order valence-corrected chi connectivity index (χ1v) is 7.65. The molecule has 0 spiro atoms. The van der Waals surface area contributed by atoms with Gasteiger partial charge in [-0.1, -0.05) is 25.3 Å². The summed E-state index contributed by atoms with van der Waals surface area (Å²) in [6.07, 6.45) is 6.19. The van der Waals surface area contributed by atoms with Crippen LogP contribution in [0.1, 0.15) is 42.5 Å². The number of rotatable bonds is 5. The fourth-order valence-corrected chi connectivity index (χ4v) is 2.64. The second-order valence-corrected chi connectivity index (χ2v) is 5.75. The van der Waals surface area contributed by atoms with E-state index in [0.29, 0.717) is 17.8 Å². The number of hydrogen-bond donors (Lipinski definition) is 3. The smallest absolute Gasteiger partial charge is 0.251 e. The molecule has 0 radical (unpaired) electrons. The minimum Gasteiger partial charge on any atom is -0.349 e. The summed E-state index contributed by atoms with van der Waals surface area (Å²) in [7, 11) is 0. The molecular formula is C17H23N3O2. The zero-order chi connectivity index (χ0) is 16.0. The predicted molar refractivity (Wildman–Crippen MR) is 87.6 cm³/mol. The molecule has 1 aromatic rings. The van der Waals surface area contributed by atoms with Crippen molar-refractivity contribution in [1.29, 1.82) is 0 Å². The molecule has 4 N–H and O–H groups in total. The third-order valence-corrected chi connectivity index (χ3v) is 4.01. The van der Waals surface area contributed by atoms with Crippen molar-refractivity contribution in [3.63, 3.8) is 0 Å². The van der Waals surface area contributed by atoms with Crippen LogP contribution in [-0.2, 0) is 4.79 Å². The van der Waals surface area contributed by atoms with E-state index in [0.717, 1.165) is 32.1 Å². The van der Waals surface area contributed by atoms with Gasteiger partial charge in [0, 0.05) is 17.8 Å². The highest BCUT2D eigenvalue weighted by atomic mass is 16.2. The molecule has 5 heteroatoms. The molecule has 1 aliphatic rings. The summed E-state index contributed by atoms with van der Waals surface area (Å²) < 4.78 is 0. The Labute approximate surface area is 131 Å². The van der Waals surface area contributed by atoms with Crippen LogP contribution in [0.2, 0.25) is 0 Å². The molecule has 1 saturated carbocycles. The van der Waals surface area contributed by atoms with Gasteiger partial charge in [0.2, 0.25) is 5.91 Å². The number of hydrogen-bond acceptors (Lipinski definition) is 3. The van der Waals surface area contributed by atoms with Crippen LogP contribution >= 0.6 is 0 Å². The molecule has 1 aliphatic carbocycles. The summed E-state index contributed by atoms with van der Waals surface area (Å²) >= 11 is 0. The second-order valence-electron chi connectivity index (χ2n) is 5.75. The summed E-state index contributed by atoms with van der Waals surface area (Å²) in [5.41, 5.74) is 6.63. The Morgan fingerprint density at radius 2 is 1.82 bits per heavy atom. The first kappa shape index (κ1) is 16.2. The van der Waals surface area contributed by atoms with Gasteiger partial charge in [0.05, 0.1) is 5.54 Å². The van der Waals surface area contributed by atoms with Crippen molar-refractivity contribution < 1.29 is 9.59 Å². The van der Waals surface area contributed by atoms with Crippen LogP contribution < -0.4 is 16.4 Å². The van der Waals surface area contributed by atoms with Crippen molar-refractivity contribution in [1.82, 2.24) is 5.32 Å². The van der Waals surface area contributed by atoms with Crippen LogP contribution in [0.3, 0.4) is 0 Å². The van der Waals surface area contributed by atoms with E-state index in [-0.39, 0.29) is 11.8 Å². The lowest BCUT2D eigenvalue weighted by atomic mass is 9.82. The molecule has 118 valence electrons. The van der Waals surface area contributed by atoms with E-state index in [9.17, 15) is 9.59 Å². The molecule has 1 aromatic carbocycles. The topological polar surface area (TPSA) is 84.2 Å². The average Bonchev–Trinajstić information content (AvgIpc) is 2.54. The lowest BCUT2D eigenvalue weighted by Crippen LogP contribution is -2.52. The maximum absolute atomic E-state index is 12.3. The van der Waals surface area contributed by atoms with Gasteiger partial charge in [-0.15, -0.1) is 6.58 Å². The van der Waals surface area contributed by atoms with Crippen LogP contribution in [0.5, 0.6) is 0 Å². The molecule has 0 aromatic heterocycles. The SMILES string of the molecule is C=CCNC(=O)c1ccc(NC(=O)C2(N)CCCCC2)cc1. The van der Waals surface area contributed by atoms with Crippen LogP contribution in [-0.4, -0.2) is 23.9 Å². The molecule has 22 heavy (non-hydrogen) atoms. The van der Waals surface area contributed by atoms with Gasteiger partial charge in [-0.25, -0.2) is 0 Å². The van der Waals surface area contributed by atoms with Crippen molar-refractivity contribution in [3.8, 4) is 0 Å². The van der Waals surface area contributed by atoms with Gasteiger partial charge in [-0.2, -0.15) is 0 Å². The summed E-state index contributed by atoms with van der Waals surface area (Å²) in [5.74, 6) is -0.309. The molecule has 2 rings (SSSR count). The molecule has 0 atom stereocenters. The summed E-state index contributed by atoms with van der Waals surface area (Å²) in [6.45, 7) is 3.97. The highest BCUT2D eigenvalue weighted by Crippen LogP contribution is 2.27. The first-order valence-electron chi connectivity index (χ1n) is 7.65. The predicted octanol–water partition coefficient (Wildman–Crippen LogP) is 2.20. The van der Waals surface area contributed by atoms with Gasteiger partial charge < -0.3 is 16.4 Å². The van der Waals surface area contributed by atoms with Gasteiger partial charge in [0.15, 0.2) is 0 Å². The molecule has 2 amide bonds. The molecular weight excluding hydrogens is 278 g/mol. The maximum Gasteiger partial charge on any atom is 0.251 e. The number of carbonyl (C=O) groups excluding carboxylic acids is 2. The number of carbonyl (C=O) groups is 2. The maximum atomic E-state index is 12.3. The zero-order valence-corrected chi connectivity index (χ0v) is 12.7. The van der Waals surface area contributed by atoms with Crippen molar-refractivity contribution in [2.45, 2.75) is 37.6 Å². The lowest BCUT2D eigenvalue weighted by Gasteiger charge is -2.31. The largest absolute Gasteiger partial charge is 0.349 e. The highest BCUT2D eigenvalue weighted by Gasteiger charge is 2.35. The van der Waals surface area contributed by atoms with Gasteiger partial charge in [0.1, 0.15) is 0 Å². The third kappa shape index (κ3) is 3.95. The number of benzene rings is 1. The Morgan fingerprint density at radius 1 is 1.18 bits per heavy atom. The molecule has 0 saturated heterocycles. The normalized spacial score (nSPS) is 16.6. The van der Waals surface area contributed by atoms with E-state index in [1.165, 1.54) is 0 Å². The molecule has 0 unspecified atom stereocenters. The van der Waals surface area contributed by atoms with E-state index in [4.69, 9.17) is 5.73 Å². The van der Waals surface area contributed by atoms with Crippen LogP contribution in [0.4, 0.5) is 5.69 Å². The number of amides is 2. The monoisotopic (exact) mass is 301 g/mol. The Hall–Kier alpha value is -2.14. The van der Waals surface area contributed by atoms with Gasteiger partial charge in [-0.05, 0) is 37.1 Å². The van der Waals surface area contributed by atoms with Crippen molar-refractivity contribution >= 4 is 17.5 Å². The molecule has 0 bridgehead atoms. The molecule has 5 nitrogen and oxygen atoms in total. The number of nitrogens with two attached hydrogens (primary N) is 1. The van der Waals surface area contributed by atoms with E-state index < -0.39 is 5.54 Å². The van der Waals surface area contributed by atoms with Gasteiger partial charge in [0.25, 0.3) is 5.91 Å². The van der Waals surface area contributed by atoms with Crippen molar-refractivity contribution in [2.75, 3.05) is 11.9 Å². The quantitative estimate of drug-likeness (QED) is 0.729. The second kappa shape index (κ2) is 7.22. The van der Waals surface area contributed by atoms with E-state index in [2.05, 4.69) is 17.2 Å².